The number of imidazole rings is 1. The molecule has 1 atom stereocenters. The fourth-order valence-corrected chi connectivity index (χ4v) is 4.12. The largest absolute Gasteiger partial charge is 0.348 e. The first-order valence-corrected chi connectivity index (χ1v) is 9.01. The summed E-state index contributed by atoms with van der Waals surface area (Å²) in [6.45, 7) is 4.34. The van der Waals surface area contributed by atoms with Crippen LogP contribution in [0.1, 0.15) is 68.1 Å². The zero-order valence-electron chi connectivity index (χ0n) is 13.0. The number of aryl methyl sites for hydroxylation is 1. The maximum atomic E-state index is 4.74. The quantitative estimate of drug-likeness (QED) is 0.782. The third kappa shape index (κ3) is 3.31. The summed E-state index contributed by atoms with van der Waals surface area (Å²) >= 11 is 1.84. The molecule has 2 heterocycles. The van der Waals surface area contributed by atoms with Crippen molar-refractivity contribution < 1.29 is 0 Å². The van der Waals surface area contributed by atoms with Crippen LogP contribution in [-0.2, 0) is 0 Å². The molecule has 4 heteroatoms. The molecule has 1 N–H and O–H groups in total. The summed E-state index contributed by atoms with van der Waals surface area (Å²) in [6.07, 6.45) is 9.84. The molecule has 2 aromatic heterocycles. The highest BCUT2D eigenvalue weighted by molar-refractivity contribution is 7.10. The second-order valence-electron chi connectivity index (χ2n) is 6.05. The number of nitrogens with zero attached hydrogens (tertiary/aromatic N) is 2. The lowest BCUT2D eigenvalue weighted by Gasteiger charge is -2.21. The average molecular weight is 303 g/mol. The Kier molecular flexibility index (Phi) is 4.63. The number of anilines is 1. The molecule has 1 fully saturated rings. The van der Waals surface area contributed by atoms with Gasteiger partial charge in [0.15, 0.2) is 0 Å². The SMILES string of the molecule is CCCC(Nc1nc(C)cn1C1CCCC1)c1cccs1. The van der Waals surface area contributed by atoms with Gasteiger partial charge in [0.25, 0.3) is 0 Å². The third-order valence-electron chi connectivity index (χ3n) is 4.34. The Morgan fingerprint density at radius 2 is 2.24 bits per heavy atom. The fraction of sp³-hybridized carbons (Fsp3) is 0.588. The lowest BCUT2D eigenvalue weighted by molar-refractivity contribution is 0.518. The van der Waals surface area contributed by atoms with E-state index in [0.29, 0.717) is 12.1 Å². The zero-order valence-corrected chi connectivity index (χ0v) is 13.8. The third-order valence-corrected chi connectivity index (χ3v) is 5.32. The van der Waals surface area contributed by atoms with E-state index in [-0.39, 0.29) is 0 Å². The van der Waals surface area contributed by atoms with E-state index in [1.165, 1.54) is 37.0 Å². The first-order valence-electron chi connectivity index (χ1n) is 8.13. The zero-order chi connectivity index (χ0) is 14.7. The molecule has 3 rings (SSSR count). The van der Waals surface area contributed by atoms with Crippen molar-refractivity contribution in [2.24, 2.45) is 0 Å². The second-order valence-corrected chi connectivity index (χ2v) is 7.03. The molecule has 2 aromatic rings. The predicted octanol–water partition coefficient (Wildman–Crippen LogP) is 5.32. The van der Waals surface area contributed by atoms with Gasteiger partial charge in [-0.25, -0.2) is 4.98 Å². The normalized spacial score (nSPS) is 17.2. The highest BCUT2D eigenvalue weighted by Gasteiger charge is 2.22. The van der Waals surface area contributed by atoms with Crippen molar-refractivity contribution in [1.82, 2.24) is 9.55 Å². The van der Waals surface area contributed by atoms with E-state index in [9.17, 15) is 0 Å². The summed E-state index contributed by atoms with van der Waals surface area (Å²) in [5, 5.41) is 5.87. The maximum Gasteiger partial charge on any atom is 0.203 e. The van der Waals surface area contributed by atoms with E-state index in [4.69, 9.17) is 4.98 Å². The van der Waals surface area contributed by atoms with Crippen LogP contribution in [0.5, 0.6) is 0 Å². The minimum absolute atomic E-state index is 0.386. The number of hydrogen-bond acceptors (Lipinski definition) is 3. The van der Waals surface area contributed by atoms with E-state index in [2.05, 4.69) is 47.4 Å². The molecule has 1 unspecified atom stereocenters. The first-order chi connectivity index (χ1) is 10.3. The molecule has 21 heavy (non-hydrogen) atoms. The van der Waals surface area contributed by atoms with Crippen molar-refractivity contribution >= 4 is 17.3 Å². The van der Waals surface area contributed by atoms with Crippen LogP contribution in [0.15, 0.2) is 23.7 Å². The van der Waals surface area contributed by atoms with Crippen LogP contribution in [0, 0.1) is 6.92 Å². The number of aromatic nitrogens is 2. The van der Waals surface area contributed by atoms with Gasteiger partial charge in [0.2, 0.25) is 5.95 Å². The summed E-state index contributed by atoms with van der Waals surface area (Å²) < 4.78 is 2.39. The monoisotopic (exact) mass is 303 g/mol. The van der Waals surface area contributed by atoms with Crippen molar-refractivity contribution in [2.45, 2.75) is 64.5 Å². The van der Waals surface area contributed by atoms with Gasteiger partial charge >= 0.3 is 0 Å². The predicted molar refractivity (Wildman–Crippen MR) is 90.1 cm³/mol. The average Bonchev–Trinajstić information content (AvgIpc) is 3.19. The molecule has 3 nitrogen and oxygen atoms in total. The summed E-state index contributed by atoms with van der Waals surface area (Å²) in [7, 11) is 0. The number of hydrogen-bond donors (Lipinski definition) is 1. The molecule has 1 aliphatic rings. The maximum absolute atomic E-state index is 4.74. The van der Waals surface area contributed by atoms with Crippen molar-refractivity contribution in [3.63, 3.8) is 0 Å². The summed E-state index contributed by atoms with van der Waals surface area (Å²) in [4.78, 5) is 6.16. The summed E-state index contributed by atoms with van der Waals surface area (Å²) in [6, 6.07) is 5.39. The minimum atomic E-state index is 0.386. The van der Waals surface area contributed by atoms with Crippen LogP contribution >= 0.6 is 11.3 Å². The standard InChI is InChI=1S/C17H25N3S/c1-3-7-15(16-10-6-11-21-16)19-17-18-13(2)12-20(17)14-8-4-5-9-14/h6,10-12,14-15H,3-5,7-9H2,1-2H3,(H,18,19). The molecule has 1 saturated carbocycles. The van der Waals surface area contributed by atoms with Crippen LogP contribution in [0.2, 0.25) is 0 Å². The smallest absolute Gasteiger partial charge is 0.203 e. The Balaban J connectivity index is 1.82. The minimum Gasteiger partial charge on any atom is -0.348 e. The van der Waals surface area contributed by atoms with Gasteiger partial charge in [-0.1, -0.05) is 32.3 Å². The Labute approximate surface area is 131 Å². The highest BCUT2D eigenvalue weighted by atomic mass is 32.1. The van der Waals surface area contributed by atoms with Crippen LogP contribution < -0.4 is 5.32 Å². The van der Waals surface area contributed by atoms with E-state index < -0.39 is 0 Å². The van der Waals surface area contributed by atoms with Crippen molar-refractivity contribution in [2.75, 3.05) is 5.32 Å². The number of thiophene rings is 1. The topological polar surface area (TPSA) is 29.9 Å². The van der Waals surface area contributed by atoms with Gasteiger partial charge in [0.1, 0.15) is 0 Å². The van der Waals surface area contributed by atoms with E-state index >= 15 is 0 Å². The molecular formula is C17H25N3S. The second kappa shape index (κ2) is 6.65. The van der Waals surface area contributed by atoms with Gasteiger partial charge in [0, 0.05) is 17.1 Å². The van der Waals surface area contributed by atoms with E-state index in [1.54, 1.807) is 0 Å². The van der Waals surface area contributed by atoms with Crippen molar-refractivity contribution in [3.05, 3.63) is 34.3 Å². The molecule has 0 aromatic carbocycles. The van der Waals surface area contributed by atoms with Gasteiger partial charge in [0.05, 0.1) is 11.7 Å². The summed E-state index contributed by atoms with van der Waals surface area (Å²) in [5.74, 6) is 1.06. The molecular weight excluding hydrogens is 278 g/mol. The van der Waals surface area contributed by atoms with Crippen molar-refractivity contribution in [3.8, 4) is 0 Å². The lowest BCUT2D eigenvalue weighted by atomic mass is 10.1. The van der Waals surface area contributed by atoms with Crippen LogP contribution in [0.4, 0.5) is 5.95 Å². The van der Waals surface area contributed by atoms with Crippen LogP contribution in [0.3, 0.4) is 0 Å². The number of rotatable bonds is 6. The molecule has 0 bridgehead atoms. The highest BCUT2D eigenvalue weighted by Crippen LogP contribution is 2.34. The Morgan fingerprint density at radius 1 is 1.43 bits per heavy atom. The Bertz CT molecular complexity index is 553. The first kappa shape index (κ1) is 14.6. The molecule has 114 valence electrons. The summed E-state index contributed by atoms with van der Waals surface area (Å²) in [5.41, 5.74) is 1.12. The number of nitrogens with one attached hydrogen (secondary N) is 1. The van der Waals surface area contributed by atoms with E-state index in [1.807, 2.05) is 11.3 Å². The molecule has 0 radical (unpaired) electrons. The van der Waals surface area contributed by atoms with Gasteiger partial charge in [-0.3, -0.25) is 0 Å². The van der Waals surface area contributed by atoms with Crippen LogP contribution in [0.25, 0.3) is 0 Å². The van der Waals surface area contributed by atoms with Gasteiger partial charge in [-0.05, 0) is 37.6 Å². The van der Waals surface area contributed by atoms with E-state index in [0.717, 1.165) is 18.1 Å². The fourth-order valence-electron chi connectivity index (χ4n) is 3.30. The van der Waals surface area contributed by atoms with Gasteiger partial charge in [-0.15, -0.1) is 11.3 Å². The Morgan fingerprint density at radius 3 is 2.90 bits per heavy atom. The lowest BCUT2D eigenvalue weighted by Crippen LogP contribution is -2.15. The van der Waals surface area contributed by atoms with Crippen molar-refractivity contribution in [1.29, 1.82) is 0 Å². The van der Waals surface area contributed by atoms with Crippen LogP contribution in [-0.4, -0.2) is 9.55 Å². The molecule has 0 amide bonds. The Hall–Kier alpha value is -1.29. The molecule has 0 saturated heterocycles. The molecule has 1 aliphatic carbocycles. The van der Waals surface area contributed by atoms with Gasteiger partial charge < -0.3 is 9.88 Å². The molecule has 0 aliphatic heterocycles. The van der Waals surface area contributed by atoms with Gasteiger partial charge in [-0.2, -0.15) is 0 Å². The molecule has 0 spiro atoms.